The zero-order valence-corrected chi connectivity index (χ0v) is 16.7. The molecule has 3 amide bonds. The molecule has 2 fully saturated rings. The largest absolute Gasteiger partial charge is 0.355 e. The van der Waals surface area contributed by atoms with Gasteiger partial charge in [0.05, 0.1) is 18.2 Å². The lowest BCUT2D eigenvalue weighted by atomic mass is 10.3. The molecule has 0 aromatic heterocycles. The van der Waals surface area contributed by atoms with E-state index in [4.69, 9.17) is 4.84 Å². The molecule has 2 aliphatic heterocycles. The second-order valence-corrected chi connectivity index (χ2v) is 7.35. The summed E-state index contributed by atoms with van der Waals surface area (Å²) in [6.07, 6.45) is 2.68. The van der Waals surface area contributed by atoms with Crippen LogP contribution in [0.2, 0.25) is 0 Å². The predicted octanol–water partition coefficient (Wildman–Crippen LogP) is 0.466. The number of allylic oxidation sites excluding steroid dienone is 1. The highest BCUT2D eigenvalue weighted by Gasteiger charge is 2.32. The van der Waals surface area contributed by atoms with Gasteiger partial charge in [-0.25, -0.2) is 4.79 Å². The van der Waals surface area contributed by atoms with Crippen LogP contribution in [0.1, 0.15) is 52.4 Å². The number of hydroxylamine groups is 2. The second kappa shape index (κ2) is 10.2. The number of carbonyl (C=O) groups excluding carboxylic acids is 4. The fourth-order valence-corrected chi connectivity index (χ4v) is 3.39. The molecule has 2 saturated heterocycles. The van der Waals surface area contributed by atoms with Crippen molar-refractivity contribution in [3.8, 4) is 0 Å². The molecule has 2 aliphatic rings. The van der Waals surface area contributed by atoms with Crippen LogP contribution in [0.3, 0.4) is 0 Å². The van der Waals surface area contributed by atoms with E-state index in [-0.39, 0.29) is 56.1 Å². The predicted molar refractivity (Wildman–Crippen MR) is 101 cm³/mol. The summed E-state index contributed by atoms with van der Waals surface area (Å²) < 4.78 is 0. The molecule has 2 heterocycles. The van der Waals surface area contributed by atoms with Crippen molar-refractivity contribution >= 4 is 23.7 Å². The first-order valence-corrected chi connectivity index (χ1v) is 9.81. The first kappa shape index (κ1) is 21.9. The smallest absolute Gasteiger partial charge is 0.334 e. The molecule has 0 spiro atoms. The van der Waals surface area contributed by atoms with Gasteiger partial charge in [0.25, 0.3) is 5.91 Å². The van der Waals surface area contributed by atoms with Gasteiger partial charge in [0.15, 0.2) is 0 Å². The van der Waals surface area contributed by atoms with Crippen LogP contribution in [0.25, 0.3) is 0 Å². The summed E-state index contributed by atoms with van der Waals surface area (Å²) in [5.41, 5.74) is 0.455. The molecule has 0 aromatic rings. The molecule has 2 rings (SSSR count). The highest BCUT2D eigenvalue weighted by molar-refractivity contribution is 5.83. The zero-order valence-electron chi connectivity index (χ0n) is 16.7. The first-order chi connectivity index (χ1) is 13.3. The van der Waals surface area contributed by atoms with Crippen LogP contribution >= 0.6 is 0 Å². The number of rotatable bonds is 9. The van der Waals surface area contributed by atoms with Crippen molar-refractivity contribution in [1.29, 1.82) is 0 Å². The van der Waals surface area contributed by atoms with Crippen molar-refractivity contribution < 1.29 is 24.0 Å². The number of likely N-dealkylation sites (tertiary alicyclic amines) is 1. The number of nitrogens with one attached hydrogen (secondary N) is 2. The number of amides is 3. The zero-order chi connectivity index (χ0) is 20.7. The van der Waals surface area contributed by atoms with Gasteiger partial charge in [-0.2, -0.15) is 0 Å². The fraction of sp³-hybridized carbons (Fsp3) is 0.684. The van der Waals surface area contributed by atoms with Crippen LogP contribution in [0.5, 0.6) is 0 Å². The van der Waals surface area contributed by atoms with Gasteiger partial charge < -0.3 is 15.5 Å². The average Bonchev–Trinajstić information content (AvgIpc) is 3.24. The Bertz CT molecular complexity index is 618. The molecule has 28 heavy (non-hydrogen) atoms. The molecule has 1 unspecified atom stereocenters. The molecule has 1 atom stereocenters. The van der Waals surface area contributed by atoms with Gasteiger partial charge in [-0.05, 0) is 39.7 Å². The van der Waals surface area contributed by atoms with Gasteiger partial charge in [0, 0.05) is 32.0 Å². The highest BCUT2D eigenvalue weighted by atomic mass is 16.7. The Morgan fingerprint density at radius 3 is 2.54 bits per heavy atom. The molecule has 9 heteroatoms. The summed E-state index contributed by atoms with van der Waals surface area (Å²) in [5, 5.41) is 6.33. The average molecular weight is 403 g/mol. The third kappa shape index (κ3) is 6.05. The van der Waals surface area contributed by atoms with Crippen molar-refractivity contribution in [3.05, 3.63) is 12.3 Å². The summed E-state index contributed by atoms with van der Waals surface area (Å²) in [6.45, 7) is 9.07. The summed E-state index contributed by atoms with van der Waals surface area (Å²) in [7, 11) is 0. The molecule has 2 N–H and O–H groups in total. The van der Waals surface area contributed by atoms with E-state index in [0.29, 0.717) is 18.2 Å². The molecule has 0 aliphatic carbocycles. The Labute approximate surface area is 165 Å². The molecule has 156 valence electrons. The number of carbonyl (C=O) groups is 4. The maximum Gasteiger partial charge on any atom is 0.334 e. The monoisotopic (exact) mass is 403 g/mol. The fourth-order valence-electron chi connectivity index (χ4n) is 3.39. The standard InChI is InChI=1S/C19H30N4O5/c1-13(2)22-12-4-5-15(22)19(27)21-10-8-16(24)20-11-9-18(26)28-23-14(3)6-7-17(23)25/h13,15H,3-12H2,1-2H3,(H,20,24)(H,21,27)/i4+1,5+1,8+1,10+1,12+1,15+1,16+1,20+1,21+1. The number of hydrogen-bond acceptors (Lipinski definition) is 6. The van der Waals surface area contributed by atoms with Gasteiger partial charge in [0.2, 0.25) is 11.8 Å². The van der Waals surface area contributed by atoms with Crippen LogP contribution in [-0.4, -0.2) is 65.4 Å². The summed E-state index contributed by atoms with van der Waals surface area (Å²) in [5.74, 6) is -1.21. The van der Waals surface area contributed by atoms with Crippen LogP contribution in [0.4, 0.5) is 0 Å². The highest BCUT2D eigenvalue weighted by Crippen LogP contribution is 2.21. The van der Waals surface area contributed by atoms with Gasteiger partial charge in [-0.1, -0.05) is 6.58 Å². The van der Waals surface area contributed by atoms with Crippen LogP contribution < -0.4 is 10.6 Å². The van der Waals surface area contributed by atoms with E-state index < -0.39 is 5.97 Å². The molecule has 0 bridgehead atoms. The molecular weight excluding hydrogens is 373 g/mol. The van der Waals surface area contributed by atoms with Crippen LogP contribution in [0, 0.1) is 0 Å². The topological polar surface area (TPSA) is 108 Å². The van der Waals surface area contributed by atoms with E-state index in [2.05, 4.69) is 36.0 Å². The van der Waals surface area contributed by atoms with Crippen molar-refractivity contribution in [2.45, 2.75) is 64.5 Å². The van der Waals surface area contributed by atoms with E-state index >= 15 is 0 Å². The molecule has 0 radical (unpaired) electrons. The van der Waals surface area contributed by atoms with E-state index in [0.717, 1.165) is 24.4 Å². The van der Waals surface area contributed by atoms with Gasteiger partial charge in [-0.15, -0.1) is 5.06 Å². The normalized spacial score (nSPS) is 20.0. The molecule has 0 aromatic carbocycles. The molecular formula is C19H30N4O5. The van der Waals surface area contributed by atoms with Crippen LogP contribution in [0.15, 0.2) is 12.3 Å². The van der Waals surface area contributed by atoms with Crippen molar-refractivity contribution in [3.63, 3.8) is 0 Å². The SMILES string of the molecule is C=C1CCC(=O)N1OC(=O)CC[15NH][13C](=O)[13CH2][13CH2][15NH]C(=O)[13CH]1[13CH2][13CH2][13CH2]N1C(C)C. The Balaban J connectivity index is 1.58. The van der Waals surface area contributed by atoms with E-state index in [1.165, 1.54) is 0 Å². The van der Waals surface area contributed by atoms with Crippen molar-refractivity contribution in [1.82, 2.24) is 20.6 Å². The third-order valence-electron chi connectivity index (χ3n) is 4.90. The van der Waals surface area contributed by atoms with E-state index in [1.807, 2.05) is 0 Å². The number of nitrogens with zero attached hydrogens (tertiary/aromatic N) is 2. The minimum atomic E-state index is -0.611. The van der Waals surface area contributed by atoms with Gasteiger partial charge in [-0.3, -0.25) is 19.3 Å². The maximum absolute atomic E-state index is 12.3. The summed E-state index contributed by atoms with van der Waals surface area (Å²) in [4.78, 5) is 54.5. The quantitative estimate of drug-likeness (QED) is 0.428. The van der Waals surface area contributed by atoms with E-state index in [1.54, 1.807) is 0 Å². The lowest BCUT2D eigenvalue weighted by Crippen LogP contribution is -2.46. The molecule has 9 nitrogen and oxygen atoms in total. The summed E-state index contributed by atoms with van der Waals surface area (Å²) in [6, 6.07) is 0.190. The van der Waals surface area contributed by atoms with Crippen molar-refractivity contribution in [2.75, 3.05) is 19.6 Å². The Morgan fingerprint density at radius 2 is 1.89 bits per heavy atom. The minimum Gasteiger partial charge on any atom is -0.355 e. The maximum atomic E-state index is 12.3. The Kier molecular flexibility index (Phi) is 7.98. The minimum absolute atomic E-state index is 0.0434. The second-order valence-electron chi connectivity index (χ2n) is 7.35. The van der Waals surface area contributed by atoms with Gasteiger partial charge >= 0.3 is 5.97 Å². The first-order valence-electron chi connectivity index (χ1n) is 9.81. The third-order valence-corrected chi connectivity index (χ3v) is 4.90. The summed E-state index contributed by atoms with van der Waals surface area (Å²) >= 11 is 0. The van der Waals surface area contributed by atoms with Crippen LogP contribution in [-0.2, 0) is 24.0 Å². The number of hydrogen-bond donors (Lipinski definition) is 2. The Morgan fingerprint density at radius 1 is 1.18 bits per heavy atom. The lowest BCUT2D eigenvalue weighted by Gasteiger charge is -2.27. The van der Waals surface area contributed by atoms with E-state index in [9.17, 15) is 19.2 Å². The van der Waals surface area contributed by atoms with Crippen molar-refractivity contribution in [2.24, 2.45) is 0 Å². The lowest BCUT2D eigenvalue weighted by molar-refractivity contribution is -0.186. The Hall–Kier alpha value is -2.42. The molecule has 0 saturated carbocycles. The van der Waals surface area contributed by atoms with Gasteiger partial charge in [0.1, 0.15) is 0 Å².